The summed E-state index contributed by atoms with van der Waals surface area (Å²) in [6.07, 6.45) is 0.877. The van der Waals surface area contributed by atoms with Crippen LogP contribution in [0.1, 0.15) is 52.3 Å². The number of carbonyl (C=O) groups is 1. The Labute approximate surface area is 157 Å². The van der Waals surface area contributed by atoms with Gasteiger partial charge in [-0.3, -0.25) is 4.79 Å². The second-order valence-corrected chi connectivity index (χ2v) is 8.66. The van der Waals surface area contributed by atoms with Crippen LogP contribution in [0.4, 0.5) is 0 Å². The molecule has 1 heterocycles. The van der Waals surface area contributed by atoms with E-state index in [2.05, 4.69) is 72.2 Å². The van der Waals surface area contributed by atoms with Crippen molar-refractivity contribution >= 4 is 17.2 Å². The standard InChI is InChI=1S/C23H21NOS/c1-23(22(25)24-14-15-7-6-12-26-15)13-20-16-8-2-4-10-18(16)21(23)19-11-5-3-9-17(19)20/h2-12,20-21H,13-14H2,1H3,(H,24,25)/t20?,21?,23-/m0/s1. The van der Waals surface area contributed by atoms with Gasteiger partial charge in [-0.05, 0) is 47.0 Å². The van der Waals surface area contributed by atoms with Gasteiger partial charge in [-0.1, -0.05) is 54.6 Å². The molecule has 6 rings (SSSR count). The van der Waals surface area contributed by atoms with Crippen LogP contribution < -0.4 is 5.32 Å². The minimum absolute atomic E-state index is 0.128. The Morgan fingerprint density at radius 2 is 1.62 bits per heavy atom. The maximum atomic E-state index is 13.3. The van der Waals surface area contributed by atoms with Crippen LogP contribution in [0, 0.1) is 5.41 Å². The second kappa shape index (κ2) is 5.82. The Kier molecular flexibility index (Phi) is 3.54. The Hall–Kier alpha value is -2.39. The summed E-state index contributed by atoms with van der Waals surface area (Å²) in [5, 5.41) is 5.27. The molecule has 3 aromatic rings. The number of carbonyl (C=O) groups excluding carboxylic acids is 1. The number of amides is 1. The molecule has 1 aromatic heterocycles. The highest BCUT2D eigenvalue weighted by molar-refractivity contribution is 7.09. The lowest BCUT2D eigenvalue weighted by molar-refractivity contribution is -0.132. The molecule has 2 bridgehead atoms. The SMILES string of the molecule is C[C@]1(C(=O)NCc2cccs2)CC2c3ccccc3C1c1ccccc12. The molecule has 3 aliphatic carbocycles. The van der Waals surface area contributed by atoms with Gasteiger partial charge in [0.05, 0.1) is 12.0 Å². The fraction of sp³-hybridized carbons (Fsp3) is 0.261. The zero-order chi connectivity index (χ0) is 17.7. The van der Waals surface area contributed by atoms with E-state index in [1.807, 2.05) is 6.07 Å². The quantitative estimate of drug-likeness (QED) is 0.696. The van der Waals surface area contributed by atoms with E-state index >= 15 is 0 Å². The van der Waals surface area contributed by atoms with Gasteiger partial charge >= 0.3 is 0 Å². The van der Waals surface area contributed by atoms with E-state index in [1.165, 1.54) is 27.1 Å². The number of thiophene rings is 1. The molecule has 3 heteroatoms. The van der Waals surface area contributed by atoms with Crippen LogP contribution in [0.5, 0.6) is 0 Å². The fourth-order valence-electron chi connectivity index (χ4n) is 4.97. The monoisotopic (exact) mass is 359 g/mol. The van der Waals surface area contributed by atoms with Gasteiger partial charge in [0.15, 0.2) is 0 Å². The van der Waals surface area contributed by atoms with E-state index in [-0.39, 0.29) is 11.8 Å². The summed E-state index contributed by atoms with van der Waals surface area (Å²) in [7, 11) is 0. The van der Waals surface area contributed by atoms with Crippen molar-refractivity contribution in [3.63, 3.8) is 0 Å². The molecular formula is C23H21NOS. The Morgan fingerprint density at radius 1 is 1.00 bits per heavy atom. The first kappa shape index (κ1) is 15.8. The van der Waals surface area contributed by atoms with Crippen LogP contribution in [-0.4, -0.2) is 5.91 Å². The Bertz CT molecular complexity index is 930. The maximum Gasteiger partial charge on any atom is 0.227 e. The predicted octanol–water partition coefficient (Wildman–Crippen LogP) is 5.05. The highest BCUT2D eigenvalue weighted by Crippen LogP contribution is 2.60. The lowest BCUT2D eigenvalue weighted by Gasteiger charge is -2.50. The summed E-state index contributed by atoms with van der Waals surface area (Å²) < 4.78 is 0. The normalized spacial score (nSPS) is 25.4. The zero-order valence-electron chi connectivity index (χ0n) is 14.7. The molecule has 2 nitrogen and oxygen atoms in total. The van der Waals surface area contributed by atoms with Crippen molar-refractivity contribution in [1.82, 2.24) is 5.32 Å². The smallest absolute Gasteiger partial charge is 0.227 e. The van der Waals surface area contributed by atoms with Gasteiger partial charge < -0.3 is 5.32 Å². The van der Waals surface area contributed by atoms with Crippen molar-refractivity contribution in [2.45, 2.75) is 31.7 Å². The summed E-state index contributed by atoms with van der Waals surface area (Å²) >= 11 is 1.69. The van der Waals surface area contributed by atoms with Crippen molar-refractivity contribution in [1.29, 1.82) is 0 Å². The third-order valence-electron chi connectivity index (χ3n) is 6.15. The largest absolute Gasteiger partial charge is 0.351 e. The minimum atomic E-state index is -0.412. The van der Waals surface area contributed by atoms with Crippen molar-refractivity contribution in [3.05, 3.63) is 93.2 Å². The molecular weight excluding hydrogens is 338 g/mol. The van der Waals surface area contributed by atoms with Crippen LogP contribution in [0.15, 0.2) is 66.0 Å². The average Bonchev–Trinajstić information content (AvgIpc) is 3.20. The molecule has 3 aliphatic rings. The summed E-state index contributed by atoms with van der Waals surface area (Å²) in [5.74, 6) is 0.609. The molecule has 130 valence electrons. The van der Waals surface area contributed by atoms with Crippen molar-refractivity contribution < 1.29 is 4.79 Å². The third kappa shape index (κ3) is 2.20. The van der Waals surface area contributed by atoms with Gasteiger partial charge in [0, 0.05) is 16.7 Å². The highest BCUT2D eigenvalue weighted by Gasteiger charge is 2.53. The minimum Gasteiger partial charge on any atom is -0.351 e. The molecule has 1 amide bonds. The lowest BCUT2D eigenvalue weighted by Crippen LogP contribution is -2.49. The molecule has 0 saturated carbocycles. The van der Waals surface area contributed by atoms with Gasteiger partial charge in [0.1, 0.15) is 0 Å². The number of hydrogen-bond acceptors (Lipinski definition) is 2. The van der Waals surface area contributed by atoms with Gasteiger partial charge in [-0.2, -0.15) is 0 Å². The average molecular weight is 359 g/mol. The summed E-state index contributed by atoms with van der Waals surface area (Å²) in [6.45, 7) is 2.77. The number of hydrogen-bond donors (Lipinski definition) is 1. The lowest BCUT2D eigenvalue weighted by atomic mass is 9.52. The van der Waals surface area contributed by atoms with Crippen molar-refractivity contribution in [2.24, 2.45) is 5.41 Å². The Balaban J connectivity index is 1.56. The molecule has 0 aliphatic heterocycles. The van der Waals surface area contributed by atoms with E-state index in [0.29, 0.717) is 12.5 Å². The first-order chi connectivity index (χ1) is 12.7. The van der Waals surface area contributed by atoms with Crippen LogP contribution >= 0.6 is 11.3 Å². The summed E-state index contributed by atoms with van der Waals surface area (Å²) in [5.41, 5.74) is 5.05. The number of nitrogens with one attached hydrogen (secondary N) is 1. The highest BCUT2D eigenvalue weighted by atomic mass is 32.1. The van der Waals surface area contributed by atoms with Gasteiger partial charge in [0.25, 0.3) is 0 Å². The molecule has 2 aromatic carbocycles. The van der Waals surface area contributed by atoms with Crippen LogP contribution in [0.25, 0.3) is 0 Å². The molecule has 26 heavy (non-hydrogen) atoms. The fourth-order valence-corrected chi connectivity index (χ4v) is 5.62. The van der Waals surface area contributed by atoms with Gasteiger partial charge in [-0.15, -0.1) is 11.3 Å². The first-order valence-corrected chi connectivity index (χ1v) is 10.0. The number of fused-ring (bicyclic) bond motifs is 1. The van der Waals surface area contributed by atoms with Crippen LogP contribution in [-0.2, 0) is 11.3 Å². The second-order valence-electron chi connectivity index (χ2n) is 7.63. The van der Waals surface area contributed by atoms with Gasteiger partial charge in [0.2, 0.25) is 5.91 Å². The molecule has 0 spiro atoms. The molecule has 0 unspecified atom stereocenters. The molecule has 0 radical (unpaired) electrons. The van der Waals surface area contributed by atoms with Crippen LogP contribution in [0.3, 0.4) is 0 Å². The zero-order valence-corrected chi connectivity index (χ0v) is 15.6. The van der Waals surface area contributed by atoms with Crippen molar-refractivity contribution in [2.75, 3.05) is 0 Å². The van der Waals surface area contributed by atoms with Crippen LogP contribution in [0.2, 0.25) is 0 Å². The van der Waals surface area contributed by atoms with Gasteiger partial charge in [-0.25, -0.2) is 0 Å². The third-order valence-corrected chi connectivity index (χ3v) is 7.03. The number of benzene rings is 2. The van der Waals surface area contributed by atoms with E-state index in [1.54, 1.807) is 11.3 Å². The first-order valence-electron chi connectivity index (χ1n) is 9.17. The van der Waals surface area contributed by atoms with E-state index in [0.717, 1.165) is 6.42 Å². The topological polar surface area (TPSA) is 29.1 Å². The molecule has 0 fully saturated rings. The van der Waals surface area contributed by atoms with E-state index < -0.39 is 5.41 Å². The van der Waals surface area contributed by atoms with E-state index in [4.69, 9.17) is 0 Å². The maximum absolute atomic E-state index is 13.3. The molecule has 1 N–H and O–H groups in total. The van der Waals surface area contributed by atoms with E-state index in [9.17, 15) is 4.79 Å². The summed E-state index contributed by atoms with van der Waals surface area (Å²) in [4.78, 5) is 14.5. The number of rotatable bonds is 3. The molecule has 0 saturated heterocycles. The van der Waals surface area contributed by atoms with Crippen molar-refractivity contribution in [3.8, 4) is 0 Å². The summed E-state index contributed by atoms with van der Waals surface area (Å²) in [6, 6.07) is 21.5. The predicted molar refractivity (Wildman–Crippen MR) is 105 cm³/mol. The molecule has 1 atom stereocenters. The Morgan fingerprint density at radius 3 is 2.19 bits per heavy atom.